The zero-order valence-corrected chi connectivity index (χ0v) is 22.6. The summed E-state index contributed by atoms with van der Waals surface area (Å²) >= 11 is 0. The van der Waals surface area contributed by atoms with E-state index in [9.17, 15) is 5.26 Å². The Balaban J connectivity index is 0.000000384. The van der Waals surface area contributed by atoms with E-state index in [1.807, 2.05) is 27.8 Å². The van der Waals surface area contributed by atoms with Crippen molar-refractivity contribution in [3.63, 3.8) is 0 Å². The molecule has 0 amide bonds. The summed E-state index contributed by atoms with van der Waals surface area (Å²) < 4.78 is 0. The van der Waals surface area contributed by atoms with Crippen LogP contribution in [0.5, 0.6) is 0 Å². The Morgan fingerprint density at radius 3 is 2.35 bits per heavy atom. The number of nitrogens with zero attached hydrogens (tertiary/aromatic N) is 1. The van der Waals surface area contributed by atoms with Gasteiger partial charge in [-0.15, -0.1) is 0 Å². The first kappa shape index (κ1) is 27.7. The van der Waals surface area contributed by atoms with Crippen molar-refractivity contribution in [2.24, 2.45) is 5.92 Å². The summed E-state index contributed by atoms with van der Waals surface area (Å²) in [6, 6.07) is 13.2. The van der Waals surface area contributed by atoms with Crippen molar-refractivity contribution in [3.8, 4) is 6.07 Å². The van der Waals surface area contributed by atoms with Gasteiger partial charge in [0.2, 0.25) is 0 Å². The number of anilines is 1. The molecular weight excluding hydrogens is 412 g/mol. The number of nitriles is 1. The smallest absolute Gasteiger partial charge is 0.0994 e. The lowest BCUT2D eigenvalue weighted by atomic mass is 9.87. The molecule has 2 nitrogen and oxygen atoms in total. The Kier molecular flexibility index (Phi) is 12.0. The van der Waals surface area contributed by atoms with E-state index in [1.165, 1.54) is 65.6 Å². The van der Waals surface area contributed by atoms with E-state index in [1.54, 1.807) is 0 Å². The Labute approximate surface area is 209 Å². The quantitative estimate of drug-likeness (QED) is 0.495. The Bertz CT molecular complexity index is 971. The van der Waals surface area contributed by atoms with Crippen LogP contribution in [0.2, 0.25) is 0 Å². The largest absolute Gasteiger partial charge is 0.388 e. The SMILES string of the molecule is CC.CC1CCCCC1.CCCc1c(NC)cccc1C1=CCCCc2cc(C)c(C#N)cc21. The second-order valence-electron chi connectivity index (χ2n) is 9.52. The van der Waals surface area contributed by atoms with Gasteiger partial charge in [0.05, 0.1) is 11.6 Å². The van der Waals surface area contributed by atoms with Gasteiger partial charge >= 0.3 is 0 Å². The molecule has 0 saturated heterocycles. The highest BCUT2D eigenvalue weighted by Gasteiger charge is 2.18. The second-order valence-corrected chi connectivity index (χ2v) is 9.52. The monoisotopic (exact) mass is 458 g/mol. The molecule has 0 aliphatic heterocycles. The predicted octanol–water partition coefficient (Wildman–Crippen LogP) is 9.24. The third-order valence-corrected chi connectivity index (χ3v) is 6.99. The van der Waals surface area contributed by atoms with Crippen LogP contribution >= 0.6 is 0 Å². The van der Waals surface area contributed by atoms with Crippen LogP contribution in [0.1, 0.15) is 112 Å². The normalized spacial score (nSPS) is 15.3. The highest BCUT2D eigenvalue weighted by atomic mass is 14.8. The van der Waals surface area contributed by atoms with Crippen LogP contribution in [-0.2, 0) is 12.8 Å². The summed E-state index contributed by atoms with van der Waals surface area (Å²) in [5, 5.41) is 12.8. The maximum absolute atomic E-state index is 9.49. The molecule has 1 saturated carbocycles. The molecule has 1 N–H and O–H groups in total. The maximum atomic E-state index is 9.49. The minimum atomic E-state index is 0.786. The van der Waals surface area contributed by atoms with Crippen molar-refractivity contribution in [1.82, 2.24) is 0 Å². The van der Waals surface area contributed by atoms with Gasteiger partial charge in [0.15, 0.2) is 0 Å². The fraction of sp³-hybridized carbons (Fsp3) is 0.531. The molecule has 2 aromatic carbocycles. The van der Waals surface area contributed by atoms with E-state index >= 15 is 0 Å². The number of aryl methyl sites for hydroxylation is 2. The Morgan fingerprint density at radius 2 is 1.76 bits per heavy atom. The number of fused-ring (bicyclic) bond motifs is 1. The van der Waals surface area contributed by atoms with E-state index in [0.717, 1.165) is 49.1 Å². The summed E-state index contributed by atoms with van der Waals surface area (Å²) in [7, 11) is 1.99. The average Bonchev–Trinajstić information content (AvgIpc) is 3.07. The fourth-order valence-electron chi connectivity index (χ4n) is 5.15. The molecule has 0 unspecified atom stereocenters. The lowest BCUT2D eigenvalue weighted by Gasteiger charge is -2.19. The lowest BCUT2D eigenvalue weighted by Crippen LogP contribution is -2.03. The van der Waals surface area contributed by atoms with Crippen molar-refractivity contribution in [3.05, 3.63) is 69.8 Å². The van der Waals surface area contributed by atoms with Gasteiger partial charge in [-0.2, -0.15) is 5.26 Å². The summed E-state index contributed by atoms with van der Waals surface area (Å²) in [5.41, 5.74) is 9.68. The molecule has 2 aromatic rings. The molecule has 2 heteroatoms. The summed E-state index contributed by atoms with van der Waals surface area (Å²) in [5.74, 6) is 1.04. The van der Waals surface area contributed by atoms with Gasteiger partial charge in [-0.3, -0.25) is 0 Å². The van der Waals surface area contributed by atoms with Crippen LogP contribution in [0.4, 0.5) is 5.69 Å². The van der Waals surface area contributed by atoms with Gasteiger partial charge in [0.1, 0.15) is 0 Å². The number of allylic oxidation sites excluding steroid dienone is 1. The average molecular weight is 459 g/mol. The molecule has 2 aliphatic rings. The number of rotatable bonds is 4. The standard InChI is InChI=1S/C23H26N2.C7H14.C2H6/c1-4-8-21-19(11-7-12-23(21)25-3)20-10-6-5-9-17-13-16(2)18(15-24)14-22(17)20;1-7-5-3-2-4-6-7;1-2/h7,10-14,25H,4-6,8-9H2,1-3H3;7H,2-6H2,1H3;1-2H3. The van der Waals surface area contributed by atoms with Crippen molar-refractivity contribution < 1.29 is 0 Å². The summed E-state index contributed by atoms with van der Waals surface area (Å²) in [6.07, 6.45) is 15.3. The third-order valence-electron chi connectivity index (χ3n) is 6.99. The number of nitrogens with one attached hydrogen (secondary N) is 1. The van der Waals surface area contributed by atoms with E-state index in [4.69, 9.17) is 0 Å². The molecule has 0 spiro atoms. The highest BCUT2D eigenvalue weighted by Crippen LogP contribution is 2.36. The lowest BCUT2D eigenvalue weighted by molar-refractivity contribution is 0.385. The molecule has 4 rings (SSSR count). The molecule has 2 aliphatic carbocycles. The molecule has 1 fully saturated rings. The molecule has 0 aromatic heterocycles. The van der Waals surface area contributed by atoms with Crippen LogP contribution in [-0.4, -0.2) is 7.05 Å². The van der Waals surface area contributed by atoms with Crippen LogP contribution in [0, 0.1) is 24.2 Å². The minimum Gasteiger partial charge on any atom is -0.388 e. The van der Waals surface area contributed by atoms with Gasteiger partial charge in [0.25, 0.3) is 0 Å². The predicted molar refractivity (Wildman–Crippen MR) is 149 cm³/mol. The molecule has 0 bridgehead atoms. The highest BCUT2D eigenvalue weighted by molar-refractivity contribution is 5.86. The van der Waals surface area contributed by atoms with Crippen LogP contribution in [0.3, 0.4) is 0 Å². The number of benzene rings is 2. The summed E-state index contributed by atoms with van der Waals surface area (Å²) in [4.78, 5) is 0. The van der Waals surface area contributed by atoms with Crippen LogP contribution in [0.25, 0.3) is 5.57 Å². The first-order valence-electron chi connectivity index (χ1n) is 13.6. The first-order valence-corrected chi connectivity index (χ1v) is 13.6. The van der Waals surface area contributed by atoms with Crippen molar-refractivity contribution in [2.45, 2.75) is 98.8 Å². The molecule has 0 radical (unpaired) electrons. The van der Waals surface area contributed by atoms with E-state index < -0.39 is 0 Å². The van der Waals surface area contributed by atoms with Crippen LogP contribution in [0.15, 0.2) is 36.4 Å². The van der Waals surface area contributed by atoms with Gasteiger partial charge in [-0.05, 0) is 84.0 Å². The maximum Gasteiger partial charge on any atom is 0.0994 e. The topological polar surface area (TPSA) is 35.8 Å². The Hall–Kier alpha value is -2.53. The summed E-state index contributed by atoms with van der Waals surface area (Å²) in [6.45, 7) is 10.6. The molecule has 0 heterocycles. The van der Waals surface area contributed by atoms with Crippen molar-refractivity contribution >= 4 is 11.3 Å². The van der Waals surface area contributed by atoms with Gasteiger partial charge < -0.3 is 5.32 Å². The van der Waals surface area contributed by atoms with Crippen molar-refractivity contribution in [1.29, 1.82) is 5.26 Å². The van der Waals surface area contributed by atoms with Gasteiger partial charge in [-0.25, -0.2) is 0 Å². The van der Waals surface area contributed by atoms with Crippen molar-refractivity contribution in [2.75, 3.05) is 12.4 Å². The van der Waals surface area contributed by atoms with Crippen LogP contribution < -0.4 is 5.32 Å². The molecule has 0 atom stereocenters. The van der Waals surface area contributed by atoms with E-state index in [-0.39, 0.29) is 0 Å². The first-order chi connectivity index (χ1) is 16.6. The number of hydrogen-bond donors (Lipinski definition) is 1. The Morgan fingerprint density at radius 1 is 1.03 bits per heavy atom. The molecule has 184 valence electrons. The minimum absolute atomic E-state index is 0.786. The van der Waals surface area contributed by atoms with E-state index in [0.29, 0.717) is 0 Å². The second kappa shape index (κ2) is 14.7. The van der Waals surface area contributed by atoms with Gasteiger partial charge in [-0.1, -0.05) is 90.5 Å². The zero-order chi connectivity index (χ0) is 24.9. The zero-order valence-electron chi connectivity index (χ0n) is 22.6. The number of hydrogen-bond acceptors (Lipinski definition) is 2. The fourth-order valence-corrected chi connectivity index (χ4v) is 5.15. The third kappa shape index (κ3) is 7.23. The van der Waals surface area contributed by atoms with Gasteiger partial charge in [0, 0.05) is 12.7 Å². The molecular formula is C32H46N2. The molecule has 34 heavy (non-hydrogen) atoms. The van der Waals surface area contributed by atoms with E-state index in [2.05, 4.69) is 61.6 Å².